The van der Waals surface area contributed by atoms with Crippen molar-refractivity contribution >= 4 is 0 Å². The minimum Gasteiger partial charge on any atom is -0.454 e. The van der Waals surface area contributed by atoms with Crippen LogP contribution in [0.3, 0.4) is 0 Å². The monoisotopic (exact) mass is 502 g/mol. The molecular weight excluding hydrogens is 468 g/mol. The van der Waals surface area contributed by atoms with Crippen LogP contribution in [0.4, 0.5) is 17.6 Å². The average Bonchev–Trinajstić information content (AvgIpc) is 2.86. The second-order valence-corrected chi connectivity index (χ2v) is 9.01. The quantitative estimate of drug-likeness (QED) is 0.161. The van der Waals surface area contributed by atoms with Gasteiger partial charge in [-0.05, 0) is 73.2 Å². The van der Waals surface area contributed by atoms with Gasteiger partial charge in [0, 0.05) is 0 Å². The Kier molecular flexibility index (Phi) is 10.2. The molecule has 0 saturated heterocycles. The zero-order chi connectivity index (χ0) is 26.0. The molecule has 2 nitrogen and oxygen atoms in total. The first kappa shape index (κ1) is 27.6. The Bertz CT molecular complexity index is 1080. The Balaban J connectivity index is 1.69. The van der Waals surface area contributed by atoms with E-state index in [1.165, 1.54) is 31.4 Å². The molecule has 0 aliphatic carbocycles. The van der Waals surface area contributed by atoms with Gasteiger partial charge in [0.15, 0.2) is 11.6 Å². The lowest BCUT2D eigenvalue weighted by molar-refractivity contribution is -0.189. The Morgan fingerprint density at radius 3 is 1.81 bits per heavy atom. The first-order valence-electron chi connectivity index (χ1n) is 12.7. The minimum absolute atomic E-state index is 0.178. The SMILES string of the molecule is CCCCCCCc1ccc(OC(F)(F)c2c(F)ccc(Oc3ccc(CCCC)cc3)c2F)cc1. The van der Waals surface area contributed by atoms with Crippen LogP contribution in [0, 0.1) is 11.6 Å². The zero-order valence-electron chi connectivity index (χ0n) is 21.0. The van der Waals surface area contributed by atoms with E-state index in [4.69, 9.17) is 9.47 Å². The Morgan fingerprint density at radius 1 is 0.639 bits per heavy atom. The highest BCUT2D eigenvalue weighted by Gasteiger charge is 2.42. The predicted octanol–water partition coefficient (Wildman–Crippen LogP) is 9.74. The van der Waals surface area contributed by atoms with Crippen LogP contribution < -0.4 is 9.47 Å². The molecule has 3 aromatic carbocycles. The molecule has 0 aliphatic heterocycles. The van der Waals surface area contributed by atoms with Crippen molar-refractivity contribution in [1.29, 1.82) is 0 Å². The third-order valence-corrected chi connectivity index (χ3v) is 6.06. The molecule has 0 atom stereocenters. The number of unbranched alkanes of at least 4 members (excludes halogenated alkanes) is 5. The molecule has 0 aromatic heterocycles. The fourth-order valence-electron chi connectivity index (χ4n) is 3.97. The third-order valence-electron chi connectivity index (χ3n) is 6.06. The molecule has 0 amide bonds. The summed E-state index contributed by atoms with van der Waals surface area (Å²) in [5.41, 5.74) is 0.599. The van der Waals surface area contributed by atoms with E-state index in [9.17, 15) is 13.2 Å². The highest BCUT2D eigenvalue weighted by Crippen LogP contribution is 2.39. The Morgan fingerprint density at radius 2 is 1.19 bits per heavy atom. The molecule has 0 spiro atoms. The smallest absolute Gasteiger partial charge is 0.432 e. The van der Waals surface area contributed by atoms with Crippen molar-refractivity contribution < 1.29 is 27.0 Å². The number of aryl methyl sites for hydroxylation is 2. The van der Waals surface area contributed by atoms with Crippen molar-refractivity contribution in [2.75, 3.05) is 0 Å². The zero-order valence-corrected chi connectivity index (χ0v) is 21.0. The number of benzene rings is 3. The molecule has 0 radical (unpaired) electrons. The van der Waals surface area contributed by atoms with Gasteiger partial charge in [-0.3, -0.25) is 0 Å². The van der Waals surface area contributed by atoms with Crippen LogP contribution in [0.1, 0.15) is 75.5 Å². The van der Waals surface area contributed by atoms with E-state index in [-0.39, 0.29) is 11.5 Å². The van der Waals surface area contributed by atoms with Gasteiger partial charge in [-0.15, -0.1) is 0 Å². The molecule has 36 heavy (non-hydrogen) atoms. The third kappa shape index (κ3) is 7.74. The first-order valence-corrected chi connectivity index (χ1v) is 12.7. The van der Waals surface area contributed by atoms with E-state index < -0.39 is 29.1 Å². The number of alkyl halides is 2. The Labute approximate surface area is 211 Å². The normalized spacial score (nSPS) is 11.5. The summed E-state index contributed by atoms with van der Waals surface area (Å²) in [5.74, 6) is -3.33. The van der Waals surface area contributed by atoms with E-state index in [2.05, 4.69) is 13.8 Å². The van der Waals surface area contributed by atoms with Crippen LogP contribution in [0.15, 0.2) is 60.7 Å². The van der Waals surface area contributed by atoms with Gasteiger partial charge in [0.05, 0.1) is 0 Å². The molecule has 3 aromatic rings. The van der Waals surface area contributed by atoms with Gasteiger partial charge in [-0.2, -0.15) is 8.78 Å². The fourth-order valence-corrected chi connectivity index (χ4v) is 3.97. The van der Waals surface area contributed by atoms with E-state index in [0.717, 1.165) is 61.8 Å². The minimum atomic E-state index is -4.24. The van der Waals surface area contributed by atoms with Crippen LogP contribution in [0.2, 0.25) is 0 Å². The van der Waals surface area contributed by atoms with Crippen molar-refractivity contribution in [3.05, 3.63) is 89.0 Å². The molecule has 3 rings (SSSR count). The fraction of sp³-hybridized carbons (Fsp3) is 0.400. The summed E-state index contributed by atoms with van der Waals surface area (Å²) in [7, 11) is 0. The van der Waals surface area contributed by atoms with E-state index in [0.29, 0.717) is 0 Å². The lowest BCUT2D eigenvalue weighted by Crippen LogP contribution is -2.25. The molecule has 6 heteroatoms. The van der Waals surface area contributed by atoms with Crippen LogP contribution in [-0.2, 0) is 19.0 Å². The van der Waals surface area contributed by atoms with E-state index in [1.54, 1.807) is 24.3 Å². The van der Waals surface area contributed by atoms with Crippen molar-refractivity contribution in [1.82, 2.24) is 0 Å². The van der Waals surface area contributed by atoms with Crippen LogP contribution in [0.5, 0.6) is 17.2 Å². The summed E-state index contributed by atoms with van der Waals surface area (Å²) in [6.45, 7) is 4.25. The predicted molar refractivity (Wildman–Crippen MR) is 135 cm³/mol. The van der Waals surface area contributed by atoms with Crippen LogP contribution in [-0.4, -0.2) is 0 Å². The molecule has 0 heterocycles. The highest BCUT2D eigenvalue weighted by atomic mass is 19.3. The van der Waals surface area contributed by atoms with Gasteiger partial charge < -0.3 is 9.47 Å². The second-order valence-electron chi connectivity index (χ2n) is 9.01. The average molecular weight is 503 g/mol. The summed E-state index contributed by atoms with van der Waals surface area (Å²) < 4.78 is 69.4. The lowest BCUT2D eigenvalue weighted by atomic mass is 10.1. The van der Waals surface area contributed by atoms with Gasteiger partial charge >= 0.3 is 6.11 Å². The second kappa shape index (κ2) is 13.3. The number of ether oxygens (including phenoxy) is 2. The largest absolute Gasteiger partial charge is 0.454 e. The number of hydrogen-bond donors (Lipinski definition) is 0. The lowest BCUT2D eigenvalue weighted by Gasteiger charge is -2.20. The summed E-state index contributed by atoms with van der Waals surface area (Å²) in [4.78, 5) is 0. The van der Waals surface area contributed by atoms with Crippen molar-refractivity contribution in [3.63, 3.8) is 0 Å². The standard InChI is InChI=1S/C30H34F4O2/c1-3-5-7-8-9-11-23-14-18-25(19-15-23)36-30(33,34)28-26(31)20-21-27(29(28)32)35-24-16-12-22(13-17-24)10-6-4-2/h12-21H,3-11H2,1-2H3. The molecule has 0 fully saturated rings. The van der Waals surface area contributed by atoms with Crippen LogP contribution in [0.25, 0.3) is 0 Å². The first-order chi connectivity index (χ1) is 17.3. The maximum Gasteiger partial charge on any atom is 0.432 e. The van der Waals surface area contributed by atoms with E-state index >= 15 is 4.39 Å². The van der Waals surface area contributed by atoms with Crippen molar-refractivity contribution in [2.45, 2.75) is 77.7 Å². The molecule has 0 unspecified atom stereocenters. The van der Waals surface area contributed by atoms with Gasteiger partial charge in [0.1, 0.15) is 22.9 Å². The number of halogens is 4. The molecule has 0 bridgehead atoms. The van der Waals surface area contributed by atoms with Crippen molar-refractivity contribution in [3.8, 4) is 17.2 Å². The molecular formula is C30H34F4O2. The van der Waals surface area contributed by atoms with Crippen LogP contribution >= 0.6 is 0 Å². The highest BCUT2D eigenvalue weighted by molar-refractivity contribution is 5.39. The van der Waals surface area contributed by atoms with Crippen molar-refractivity contribution in [2.24, 2.45) is 0 Å². The topological polar surface area (TPSA) is 18.5 Å². The van der Waals surface area contributed by atoms with E-state index in [1.807, 2.05) is 12.1 Å². The number of rotatable bonds is 14. The number of hydrogen-bond acceptors (Lipinski definition) is 2. The molecule has 0 aliphatic rings. The van der Waals surface area contributed by atoms with Gasteiger partial charge in [0.25, 0.3) is 0 Å². The summed E-state index contributed by atoms with van der Waals surface area (Å²) in [5, 5.41) is 0. The maximum absolute atomic E-state index is 15.0. The molecule has 194 valence electrons. The molecule has 0 N–H and O–H groups in total. The Hall–Kier alpha value is -3.02. The summed E-state index contributed by atoms with van der Waals surface area (Å²) in [6.07, 6.45) is 5.26. The summed E-state index contributed by atoms with van der Waals surface area (Å²) in [6, 6.07) is 14.9. The van der Waals surface area contributed by atoms with Gasteiger partial charge in [-0.1, -0.05) is 70.2 Å². The van der Waals surface area contributed by atoms with Gasteiger partial charge in [-0.25, -0.2) is 8.78 Å². The maximum atomic E-state index is 15.0. The summed E-state index contributed by atoms with van der Waals surface area (Å²) >= 11 is 0. The molecule has 0 saturated carbocycles. The van der Waals surface area contributed by atoms with Gasteiger partial charge in [0.2, 0.25) is 0 Å².